The Bertz CT molecular complexity index is 1190. The fourth-order valence-corrected chi connectivity index (χ4v) is 2.75. The number of benzene rings is 1. The van der Waals surface area contributed by atoms with E-state index in [1.54, 1.807) is 30.5 Å². The normalized spacial score (nSPS) is 11.4. The summed E-state index contributed by atoms with van der Waals surface area (Å²) < 4.78 is 49.1. The van der Waals surface area contributed by atoms with Crippen LogP contribution in [-0.2, 0) is 19.3 Å². The number of nitrogens with zero attached hydrogens (tertiary/aromatic N) is 4. The Kier molecular flexibility index (Phi) is 5.92. The Morgan fingerprint density at radius 3 is 2.81 bits per heavy atom. The predicted octanol–water partition coefficient (Wildman–Crippen LogP) is 4.45. The van der Waals surface area contributed by atoms with E-state index in [1.165, 1.54) is 6.07 Å². The first-order valence-electron chi connectivity index (χ1n) is 9.46. The number of rotatable bonds is 8. The smallest absolute Gasteiger partial charge is 0.416 e. The molecule has 0 aliphatic rings. The van der Waals surface area contributed by atoms with Crippen LogP contribution >= 0.6 is 0 Å². The summed E-state index contributed by atoms with van der Waals surface area (Å²) in [4.78, 5) is 8.48. The zero-order chi connectivity index (χ0) is 22.6. The van der Waals surface area contributed by atoms with Crippen molar-refractivity contribution in [3.8, 4) is 5.88 Å². The standard InChI is InChI=1S/C20H18F3N7O2/c1-12-7-15(32-30-12)10-25-19-24-6-5-16(27-19)26-17-9-18(29-28-17)31-11-13-3-2-4-14(8-13)20(21,22)23/h2-9H,10-11H2,1H3,(H3,24,25,26,27,28,29). The Hall–Kier alpha value is -4.09. The monoisotopic (exact) mass is 445 g/mol. The molecule has 0 saturated carbocycles. The van der Waals surface area contributed by atoms with Gasteiger partial charge < -0.3 is 19.9 Å². The van der Waals surface area contributed by atoms with Gasteiger partial charge in [0.05, 0.1) is 17.8 Å². The number of halogens is 3. The number of H-pyrrole nitrogens is 1. The minimum atomic E-state index is -4.40. The SMILES string of the molecule is Cc1cc(CNc2nccc(Nc3cc(OCc4cccc(C(F)(F)F)c4)n[nH]3)n2)on1. The zero-order valence-electron chi connectivity index (χ0n) is 16.8. The molecule has 0 aliphatic carbocycles. The van der Waals surface area contributed by atoms with Gasteiger partial charge in [-0.1, -0.05) is 17.3 Å². The molecule has 0 amide bonds. The minimum absolute atomic E-state index is 0.0586. The molecule has 4 rings (SSSR count). The number of hydrogen-bond acceptors (Lipinski definition) is 8. The van der Waals surface area contributed by atoms with E-state index in [9.17, 15) is 13.2 Å². The van der Waals surface area contributed by atoms with E-state index < -0.39 is 11.7 Å². The molecule has 3 heterocycles. The van der Waals surface area contributed by atoms with Crippen molar-refractivity contribution in [1.82, 2.24) is 25.3 Å². The van der Waals surface area contributed by atoms with Gasteiger partial charge in [-0.25, -0.2) is 4.98 Å². The fourth-order valence-electron chi connectivity index (χ4n) is 2.75. The molecule has 32 heavy (non-hydrogen) atoms. The maximum absolute atomic E-state index is 12.8. The molecular formula is C20H18F3N7O2. The van der Waals surface area contributed by atoms with Crippen LogP contribution in [0.2, 0.25) is 0 Å². The number of alkyl halides is 3. The average molecular weight is 445 g/mol. The molecule has 4 aromatic rings. The number of nitrogens with one attached hydrogen (secondary N) is 3. The second-order valence-electron chi connectivity index (χ2n) is 6.79. The van der Waals surface area contributed by atoms with Crippen molar-refractivity contribution in [2.75, 3.05) is 10.6 Å². The van der Waals surface area contributed by atoms with Crippen LogP contribution in [-0.4, -0.2) is 25.3 Å². The summed E-state index contributed by atoms with van der Waals surface area (Å²) in [5, 5.41) is 16.6. The van der Waals surface area contributed by atoms with Crippen molar-refractivity contribution < 1.29 is 22.4 Å². The minimum Gasteiger partial charge on any atom is -0.472 e. The molecule has 0 aliphatic heterocycles. The highest BCUT2D eigenvalue weighted by Crippen LogP contribution is 2.29. The molecule has 0 atom stereocenters. The highest BCUT2D eigenvalue weighted by molar-refractivity contribution is 5.53. The maximum Gasteiger partial charge on any atom is 0.416 e. The van der Waals surface area contributed by atoms with Crippen LogP contribution in [0.25, 0.3) is 0 Å². The molecule has 0 fully saturated rings. The summed E-state index contributed by atoms with van der Waals surface area (Å²) in [5.41, 5.74) is 0.434. The number of hydrogen-bond donors (Lipinski definition) is 3. The van der Waals surface area contributed by atoms with E-state index in [2.05, 4.69) is 36.0 Å². The van der Waals surface area contributed by atoms with Gasteiger partial charge in [-0.15, -0.1) is 5.10 Å². The van der Waals surface area contributed by atoms with E-state index in [0.717, 1.165) is 17.8 Å². The second-order valence-corrected chi connectivity index (χ2v) is 6.79. The van der Waals surface area contributed by atoms with Crippen LogP contribution in [0.4, 0.5) is 30.8 Å². The lowest BCUT2D eigenvalue weighted by Crippen LogP contribution is -2.06. The summed E-state index contributed by atoms with van der Waals surface area (Å²) in [6.45, 7) is 2.15. The van der Waals surface area contributed by atoms with Gasteiger partial charge in [0.1, 0.15) is 18.2 Å². The molecule has 3 aromatic heterocycles. The zero-order valence-corrected chi connectivity index (χ0v) is 16.8. The first-order chi connectivity index (χ1) is 15.3. The van der Waals surface area contributed by atoms with E-state index >= 15 is 0 Å². The molecular weight excluding hydrogens is 427 g/mol. The summed E-state index contributed by atoms with van der Waals surface area (Å²) in [7, 11) is 0. The van der Waals surface area contributed by atoms with Crippen LogP contribution in [0.5, 0.6) is 5.88 Å². The molecule has 3 N–H and O–H groups in total. The van der Waals surface area contributed by atoms with E-state index in [0.29, 0.717) is 35.5 Å². The van der Waals surface area contributed by atoms with Gasteiger partial charge in [-0.2, -0.15) is 18.2 Å². The second kappa shape index (κ2) is 8.96. The first-order valence-corrected chi connectivity index (χ1v) is 9.46. The van der Waals surface area contributed by atoms with Crippen LogP contribution in [0.15, 0.2) is 53.2 Å². The Balaban J connectivity index is 1.33. The van der Waals surface area contributed by atoms with Crippen molar-refractivity contribution in [1.29, 1.82) is 0 Å². The molecule has 166 valence electrons. The summed E-state index contributed by atoms with van der Waals surface area (Å²) in [6.07, 6.45) is -2.83. The van der Waals surface area contributed by atoms with Gasteiger partial charge in [-0.05, 0) is 30.7 Å². The predicted molar refractivity (Wildman–Crippen MR) is 108 cm³/mol. The Labute approximate surface area is 180 Å². The van der Waals surface area contributed by atoms with Gasteiger partial charge in [0.25, 0.3) is 0 Å². The topological polar surface area (TPSA) is 114 Å². The van der Waals surface area contributed by atoms with Gasteiger partial charge >= 0.3 is 6.18 Å². The van der Waals surface area contributed by atoms with Crippen molar-refractivity contribution in [2.45, 2.75) is 26.3 Å². The maximum atomic E-state index is 12.8. The average Bonchev–Trinajstić information content (AvgIpc) is 3.39. The van der Waals surface area contributed by atoms with E-state index in [4.69, 9.17) is 9.26 Å². The van der Waals surface area contributed by atoms with Gasteiger partial charge in [0.2, 0.25) is 11.8 Å². The van der Waals surface area contributed by atoms with Crippen molar-refractivity contribution in [2.24, 2.45) is 0 Å². The van der Waals surface area contributed by atoms with Gasteiger partial charge in [0, 0.05) is 18.3 Å². The number of aromatic amines is 1. The quantitative estimate of drug-likeness (QED) is 0.365. The molecule has 0 radical (unpaired) electrons. The third-order valence-electron chi connectivity index (χ3n) is 4.21. The lowest BCUT2D eigenvalue weighted by atomic mass is 10.1. The van der Waals surface area contributed by atoms with Crippen molar-refractivity contribution in [3.63, 3.8) is 0 Å². The molecule has 9 nitrogen and oxygen atoms in total. The number of aryl methyl sites for hydroxylation is 1. The number of ether oxygens (including phenoxy) is 1. The van der Waals surface area contributed by atoms with Gasteiger partial charge in [0.15, 0.2) is 5.76 Å². The number of aromatic nitrogens is 5. The van der Waals surface area contributed by atoms with E-state index in [-0.39, 0.29) is 12.5 Å². The highest BCUT2D eigenvalue weighted by Gasteiger charge is 2.30. The lowest BCUT2D eigenvalue weighted by Gasteiger charge is -2.08. The largest absolute Gasteiger partial charge is 0.472 e. The van der Waals surface area contributed by atoms with Crippen LogP contribution < -0.4 is 15.4 Å². The summed E-state index contributed by atoms with van der Waals surface area (Å²) in [5.74, 6) is 2.23. The third kappa shape index (κ3) is 5.53. The fraction of sp³-hybridized carbons (Fsp3) is 0.200. The van der Waals surface area contributed by atoms with Crippen LogP contribution in [0.3, 0.4) is 0 Å². The number of anilines is 3. The molecule has 0 spiro atoms. The van der Waals surface area contributed by atoms with Crippen molar-refractivity contribution >= 4 is 17.6 Å². The Morgan fingerprint density at radius 1 is 1.16 bits per heavy atom. The lowest BCUT2D eigenvalue weighted by molar-refractivity contribution is -0.137. The molecule has 0 saturated heterocycles. The summed E-state index contributed by atoms with van der Waals surface area (Å²) in [6, 6.07) is 9.98. The van der Waals surface area contributed by atoms with Gasteiger partial charge in [-0.3, -0.25) is 5.10 Å². The van der Waals surface area contributed by atoms with E-state index in [1.807, 2.05) is 6.92 Å². The van der Waals surface area contributed by atoms with Crippen LogP contribution in [0.1, 0.15) is 22.6 Å². The van der Waals surface area contributed by atoms with Crippen molar-refractivity contribution in [3.05, 3.63) is 71.2 Å². The van der Waals surface area contributed by atoms with Crippen LogP contribution in [0, 0.1) is 6.92 Å². The molecule has 12 heteroatoms. The highest BCUT2D eigenvalue weighted by atomic mass is 19.4. The Morgan fingerprint density at radius 2 is 2.03 bits per heavy atom. The molecule has 0 unspecified atom stereocenters. The molecule has 1 aromatic carbocycles. The molecule has 0 bridgehead atoms. The summed E-state index contributed by atoms with van der Waals surface area (Å²) >= 11 is 0. The third-order valence-corrected chi connectivity index (χ3v) is 4.21. The first kappa shape index (κ1) is 21.2.